The first kappa shape index (κ1) is 10.9. The lowest BCUT2D eigenvalue weighted by Gasteiger charge is -2.17. The summed E-state index contributed by atoms with van der Waals surface area (Å²) < 4.78 is 42.0. The van der Waals surface area contributed by atoms with E-state index in [0.29, 0.717) is 5.75 Å². The zero-order chi connectivity index (χ0) is 11.8. The fourth-order valence-electron chi connectivity index (χ4n) is 1.49. The van der Waals surface area contributed by atoms with Crippen LogP contribution in [0.1, 0.15) is 5.56 Å². The second-order valence-corrected chi connectivity index (χ2v) is 3.31. The van der Waals surface area contributed by atoms with E-state index in [-0.39, 0.29) is 23.9 Å². The standard InChI is InChI=1S/C10H11F2NO3/c1-14-7-3-9-8(15-5-16-9)2-6(7)10(11,12)4-13/h2-3H,4-5,13H2,1H3. The summed E-state index contributed by atoms with van der Waals surface area (Å²) >= 11 is 0. The van der Waals surface area contributed by atoms with E-state index in [1.54, 1.807) is 0 Å². The van der Waals surface area contributed by atoms with Crippen molar-refractivity contribution in [2.24, 2.45) is 5.73 Å². The molecule has 0 saturated carbocycles. The molecule has 0 atom stereocenters. The summed E-state index contributed by atoms with van der Waals surface area (Å²) in [5, 5.41) is 0. The summed E-state index contributed by atoms with van der Waals surface area (Å²) in [6.45, 7) is -0.765. The Labute approximate surface area is 90.9 Å². The number of ether oxygens (including phenoxy) is 3. The smallest absolute Gasteiger partial charge is 0.288 e. The van der Waals surface area contributed by atoms with E-state index in [1.807, 2.05) is 0 Å². The first-order chi connectivity index (χ1) is 7.58. The third-order valence-electron chi connectivity index (χ3n) is 2.35. The molecule has 2 N–H and O–H groups in total. The molecular formula is C10H11F2NO3. The van der Waals surface area contributed by atoms with Crippen molar-refractivity contribution in [3.05, 3.63) is 17.7 Å². The van der Waals surface area contributed by atoms with Crippen molar-refractivity contribution in [1.29, 1.82) is 0 Å². The van der Waals surface area contributed by atoms with Gasteiger partial charge in [-0.1, -0.05) is 0 Å². The van der Waals surface area contributed by atoms with Gasteiger partial charge in [0.25, 0.3) is 5.92 Å². The maximum Gasteiger partial charge on any atom is 0.288 e. The summed E-state index contributed by atoms with van der Waals surface area (Å²) in [5.74, 6) is -2.43. The average Bonchev–Trinajstić information content (AvgIpc) is 2.74. The van der Waals surface area contributed by atoms with Crippen LogP contribution in [0.5, 0.6) is 17.2 Å². The first-order valence-electron chi connectivity index (χ1n) is 4.64. The summed E-state index contributed by atoms with van der Waals surface area (Å²) in [6.07, 6.45) is 0. The van der Waals surface area contributed by atoms with Crippen molar-refractivity contribution in [3.63, 3.8) is 0 Å². The van der Waals surface area contributed by atoms with Gasteiger partial charge in [0, 0.05) is 6.07 Å². The number of nitrogens with two attached hydrogens (primary N) is 1. The van der Waals surface area contributed by atoms with Gasteiger partial charge in [-0.3, -0.25) is 0 Å². The van der Waals surface area contributed by atoms with Crippen LogP contribution in [-0.4, -0.2) is 20.4 Å². The van der Waals surface area contributed by atoms with Crippen LogP contribution in [-0.2, 0) is 5.92 Å². The summed E-state index contributed by atoms with van der Waals surface area (Å²) in [5.41, 5.74) is 4.74. The van der Waals surface area contributed by atoms with Crippen LogP contribution >= 0.6 is 0 Å². The molecule has 1 heterocycles. The molecule has 88 valence electrons. The largest absolute Gasteiger partial charge is 0.496 e. The third kappa shape index (κ3) is 1.65. The van der Waals surface area contributed by atoms with E-state index >= 15 is 0 Å². The monoisotopic (exact) mass is 231 g/mol. The van der Waals surface area contributed by atoms with Gasteiger partial charge in [-0.25, -0.2) is 0 Å². The minimum Gasteiger partial charge on any atom is -0.496 e. The Bertz CT molecular complexity index is 409. The molecule has 0 radical (unpaired) electrons. The highest BCUT2D eigenvalue weighted by atomic mass is 19.3. The maximum atomic E-state index is 13.5. The fourth-order valence-corrected chi connectivity index (χ4v) is 1.49. The van der Waals surface area contributed by atoms with E-state index < -0.39 is 12.5 Å². The van der Waals surface area contributed by atoms with Crippen LogP contribution in [0.25, 0.3) is 0 Å². The minimum atomic E-state index is -3.15. The molecule has 16 heavy (non-hydrogen) atoms. The number of hydrogen-bond acceptors (Lipinski definition) is 4. The molecule has 1 aliphatic rings. The van der Waals surface area contributed by atoms with Gasteiger partial charge in [-0.05, 0) is 6.07 Å². The predicted octanol–water partition coefficient (Wildman–Crippen LogP) is 1.47. The molecule has 0 fully saturated rings. The van der Waals surface area contributed by atoms with Crippen LogP contribution in [0.2, 0.25) is 0 Å². The first-order valence-corrected chi connectivity index (χ1v) is 4.64. The van der Waals surface area contributed by atoms with E-state index in [4.69, 9.17) is 19.9 Å². The molecule has 0 aliphatic carbocycles. The second kappa shape index (κ2) is 3.79. The summed E-state index contributed by atoms with van der Waals surface area (Å²) in [6, 6.07) is 2.58. The van der Waals surface area contributed by atoms with E-state index in [9.17, 15) is 8.78 Å². The van der Waals surface area contributed by atoms with Gasteiger partial charge in [0.1, 0.15) is 5.75 Å². The minimum absolute atomic E-state index is 0.0239. The number of rotatable bonds is 3. The van der Waals surface area contributed by atoms with Gasteiger partial charge in [-0.15, -0.1) is 0 Å². The highest BCUT2D eigenvalue weighted by Gasteiger charge is 2.35. The van der Waals surface area contributed by atoms with Crippen LogP contribution in [0.15, 0.2) is 12.1 Å². The van der Waals surface area contributed by atoms with Crippen molar-refractivity contribution in [2.45, 2.75) is 5.92 Å². The lowest BCUT2D eigenvalue weighted by Crippen LogP contribution is -2.25. The zero-order valence-electron chi connectivity index (χ0n) is 8.63. The third-order valence-corrected chi connectivity index (χ3v) is 2.35. The number of methoxy groups -OCH3 is 1. The molecular weight excluding hydrogens is 220 g/mol. The Morgan fingerprint density at radius 2 is 2.00 bits per heavy atom. The molecule has 0 spiro atoms. The van der Waals surface area contributed by atoms with E-state index in [1.165, 1.54) is 19.2 Å². The molecule has 0 unspecified atom stereocenters. The lowest BCUT2D eigenvalue weighted by molar-refractivity contribution is 0.00352. The SMILES string of the molecule is COc1cc2c(cc1C(F)(F)CN)OCO2. The molecule has 0 amide bonds. The van der Waals surface area contributed by atoms with Gasteiger partial charge in [-0.2, -0.15) is 8.78 Å². The number of halogens is 2. The Kier molecular flexibility index (Phi) is 2.59. The number of benzene rings is 1. The van der Waals surface area contributed by atoms with Crippen molar-refractivity contribution in [3.8, 4) is 17.2 Å². The van der Waals surface area contributed by atoms with Gasteiger partial charge in [0.2, 0.25) is 6.79 Å². The Morgan fingerprint density at radius 1 is 1.38 bits per heavy atom. The van der Waals surface area contributed by atoms with Gasteiger partial charge in [0.05, 0.1) is 19.2 Å². The van der Waals surface area contributed by atoms with Gasteiger partial charge < -0.3 is 19.9 Å². The molecule has 4 nitrogen and oxygen atoms in total. The molecule has 0 saturated heterocycles. The molecule has 1 aromatic rings. The number of fused-ring (bicyclic) bond motifs is 1. The maximum absolute atomic E-state index is 13.5. The Balaban J connectivity index is 2.52. The highest BCUT2D eigenvalue weighted by molar-refractivity contribution is 5.53. The van der Waals surface area contributed by atoms with Crippen molar-refractivity contribution < 1.29 is 23.0 Å². The molecule has 1 aliphatic heterocycles. The average molecular weight is 231 g/mol. The van der Waals surface area contributed by atoms with Crippen LogP contribution in [0.4, 0.5) is 8.78 Å². The van der Waals surface area contributed by atoms with Crippen molar-refractivity contribution in [1.82, 2.24) is 0 Å². The number of alkyl halides is 2. The second-order valence-electron chi connectivity index (χ2n) is 3.31. The quantitative estimate of drug-likeness (QED) is 0.855. The molecule has 0 aromatic heterocycles. The highest BCUT2D eigenvalue weighted by Crippen LogP contribution is 2.43. The van der Waals surface area contributed by atoms with Crippen LogP contribution in [0, 0.1) is 0 Å². The van der Waals surface area contributed by atoms with Gasteiger partial charge in [0.15, 0.2) is 11.5 Å². The van der Waals surface area contributed by atoms with Crippen LogP contribution in [0.3, 0.4) is 0 Å². The van der Waals surface area contributed by atoms with Crippen molar-refractivity contribution >= 4 is 0 Å². The van der Waals surface area contributed by atoms with Gasteiger partial charge >= 0.3 is 0 Å². The van der Waals surface area contributed by atoms with Crippen molar-refractivity contribution in [2.75, 3.05) is 20.4 Å². The molecule has 0 bridgehead atoms. The lowest BCUT2D eigenvalue weighted by atomic mass is 10.1. The zero-order valence-corrected chi connectivity index (χ0v) is 8.63. The fraction of sp³-hybridized carbons (Fsp3) is 0.400. The molecule has 1 aromatic carbocycles. The normalized spacial score (nSPS) is 14.0. The molecule has 6 heteroatoms. The summed E-state index contributed by atoms with van der Waals surface area (Å²) in [7, 11) is 1.31. The summed E-state index contributed by atoms with van der Waals surface area (Å²) in [4.78, 5) is 0. The number of hydrogen-bond donors (Lipinski definition) is 1. The predicted molar refractivity (Wildman–Crippen MR) is 52.1 cm³/mol. The Hall–Kier alpha value is -1.56. The topological polar surface area (TPSA) is 53.7 Å². The molecule has 2 rings (SSSR count). The van der Waals surface area contributed by atoms with E-state index in [0.717, 1.165) is 0 Å². The van der Waals surface area contributed by atoms with E-state index in [2.05, 4.69) is 0 Å². The Morgan fingerprint density at radius 3 is 2.56 bits per heavy atom. The van der Waals surface area contributed by atoms with Crippen LogP contribution < -0.4 is 19.9 Å².